The first-order valence-corrected chi connectivity index (χ1v) is 17.3. The SMILES string of the molecule is COCCCC/C(=N\OCCN)c1ccc(C(F)(F)F)cc1.COc1cc2c(cc1OC)C(=O)C(CC1CCN(Cc3ccccc3)CC1)C2. The molecule has 5 rings (SSSR count). The molecule has 1 atom stereocenters. The van der Waals surface area contributed by atoms with Crippen molar-refractivity contribution in [3.05, 3.63) is 94.5 Å². The lowest BCUT2D eigenvalue weighted by Crippen LogP contribution is -2.34. The number of hydrogen-bond donors (Lipinski definition) is 1. The number of ether oxygens (including phenoxy) is 3. The van der Waals surface area contributed by atoms with E-state index in [1.54, 1.807) is 21.3 Å². The third kappa shape index (κ3) is 11.3. The first-order chi connectivity index (χ1) is 24.2. The monoisotopic (exact) mass is 697 g/mol. The molecule has 1 saturated heterocycles. The number of Topliss-reactive ketones (excluding diaryl/α,β-unsaturated/α-hetero) is 1. The van der Waals surface area contributed by atoms with Gasteiger partial charge >= 0.3 is 6.18 Å². The van der Waals surface area contributed by atoms with Crippen LogP contribution in [-0.2, 0) is 28.7 Å². The summed E-state index contributed by atoms with van der Waals surface area (Å²) < 4.78 is 53.5. The average molecular weight is 698 g/mol. The maximum Gasteiger partial charge on any atom is 0.416 e. The molecule has 0 bridgehead atoms. The van der Waals surface area contributed by atoms with Crippen LogP contribution in [0, 0.1) is 11.8 Å². The minimum Gasteiger partial charge on any atom is -0.493 e. The van der Waals surface area contributed by atoms with Gasteiger partial charge < -0.3 is 24.8 Å². The first kappa shape index (κ1) is 38.9. The third-order valence-electron chi connectivity index (χ3n) is 9.23. The van der Waals surface area contributed by atoms with Crippen LogP contribution in [0.25, 0.3) is 0 Å². The van der Waals surface area contributed by atoms with Gasteiger partial charge in [-0.3, -0.25) is 9.69 Å². The molecule has 0 radical (unpaired) electrons. The number of nitrogens with zero attached hydrogens (tertiary/aromatic N) is 2. The van der Waals surface area contributed by atoms with Gasteiger partial charge in [-0.2, -0.15) is 13.2 Å². The quantitative estimate of drug-likeness (QED) is 0.0995. The summed E-state index contributed by atoms with van der Waals surface area (Å²) in [5, 5.41) is 3.99. The molecule has 3 aromatic carbocycles. The lowest BCUT2D eigenvalue weighted by molar-refractivity contribution is -0.137. The normalized spacial score (nSPS) is 16.8. The van der Waals surface area contributed by atoms with Crippen molar-refractivity contribution in [2.24, 2.45) is 22.7 Å². The molecule has 1 unspecified atom stereocenters. The highest BCUT2D eigenvalue weighted by atomic mass is 19.4. The minimum absolute atomic E-state index is 0.109. The summed E-state index contributed by atoms with van der Waals surface area (Å²) in [5.41, 5.74) is 9.17. The lowest BCUT2D eigenvalue weighted by atomic mass is 9.85. The van der Waals surface area contributed by atoms with E-state index in [9.17, 15) is 18.0 Å². The second-order valence-corrected chi connectivity index (χ2v) is 12.8. The first-order valence-electron chi connectivity index (χ1n) is 17.3. The number of methoxy groups -OCH3 is 3. The van der Waals surface area contributed by atoms with Gasteiger partial charge in [-0.15, -0.1) is 0 Å². The topological polar surface area (TPSA) is 95.6 Å². The molecular formula is C39H50F3N3O5. The fourth-order valence-corrected chi connectivity index (χ4v) is 6.52. The molecule has 1 aliphatic heterocycles. The molecule has 0 aromatic heterocycles. The van der Waals surface area contributed by atoms with Crippen molar-refractivity contribution in [1.29, 1.82) is 0 Å². The Morgan fingerprint density at radius 2 is 1.60 bits per heavy atom. The number of ketones is 1. The van der Waals surface area contributed by atoms with Crippen molar-refractivity contribution in [2.45, 2.75) is 57.7 Å². The van der Waals surface area contributed by atoms with E-state index in [-0.39, 0.29) is 18.3 Å². The summed E-state index contributed by atoms with van der Waals surface area (Å²) in [6.45, 7) is 4.49. The number of likely N-dealkylation sites (tertiary alicyclic amines) is 1. The molecule has 1 heterocycles. The van der Waals surface area contributed by atoms with E-state index in [2.05, 4.69) is 40.4 Å². The number of hydrogen-bond acceptors (Lipinski definition) is 8. The van der Waals surface area contributed by atoms with E-state index >= 15 is 0 Å². The van der Waals surface area contributed by atoms with Crippen LogP contribution in [0.5, 0.6) is 11.5 Å². The van der Waals surface area contributed by atoms with Gasteiger partial charge in [-0.1, -0.05) is 47.6 Å². The van der Waals surface area contributed by atoms with E-state index in [1.165, 1.54) is 30.5 Å². The van der Waals surface area contributed by atoms with Crippen LogP contribution in [0.2, 0.25) is 0 Å². The van der Waals surface area contributed by atoms with Gasteiger partial charge in [-0.05, 0) is 105 Å². The second kappa shape index (κ2) is 19.5. The standard InChI is InChI=1S/C24H29NO3.C15H21F3N2O2/c1-27-22-14-19-13-20(24(26)21(19)15-23(22)28-2)12-17-8-10-25(11-9-17)16-18-6-4-3-5-7-18;1-21-10-3-2-4-14(20-22-11-9-19)12-5-7-13(8-6-12)15(16,17)18/h3-7,14-15,17,20H,8-13,16H2,1-2H3;5-8H,2-4,9-11,19H2,1H3/b;20-14+. The number of unbranched alkanes of at least 4 members (excludes halogenated alkanes) is 1. The third-order valence-corrected chi connectivity index (χ3v) is 9.23. The Morgan fingerprint density at radius 3 is 2.22 bits per heavy atom. The maximum absolute atomic E-state index is 12.9. The number of carbonyl (C=O) groups is 1. The molecule has 272 valence electrons. The number of rotatable bonds is 15. The van der Waals surface area contributed by atoms with Crippen molar-refractivity contribution in [3.8, 4) is 11.5 Å². The molecule has 50 heavy (non-hydrogen) atoms. The van der Waals surface area contributed by atoms with Gasteiger partial charge in [0.2, 0.25) is 0 Å². The van der Waals surface area contributed by atoms with Crippen LogP contribution in [-0.4, -0.2) is 70.6 Å². The van der Waals surface area contributed by atoms with Crippen molar-refractivity contribution in [2.75, 3.05) is 54.2 Å². The highest BCUT2D eigenvalue weighted by molar-refractivity contribution is 6.03. The van der Waals surface area contributed by atoms with E-state index in [0.29, 0.717) is 48.3 Å². The molecule has 8 nitrogen and oxygen atoms in total. The number of carbonyl (C=O) groups excluding carboxylic acids is 1. The smallest absolute Gasteiger partial charge is 0.416 e. The zero-order chi connectivity index (χ0) is 35.9. The number of oxime groups is 1. The number of piperidine rings is 1. The van der Waals surface area contributed by atoms with Crippen molar-refractivity contribution in [1.82, 2.24) is 4.90 Å². The number of nitrogens with two attached hydrogens (primary N) is 1. The summed E-state index contributed by atoms with van der Waals surface area (Å²) in [7, 11) is 4.88. The van der Waals surface area contributed by atoms with Crippen LogP contribution in [0.3, 0.4) is 0 Å². The molecular weight excluding hydrogens is 647 g/mol. The van der Waals surface area contributed by atoms with E-state index in [4.69, 9.17) is 24.8 Å². The molecule has 0 saturated carbocycles. The van der Waals surface area contributed by atoms with Crippen molar-refractivity contribution >= 4 is 11.5 Å². The van der Waals surface area contributed by atoms with Crippen molar-refractivity contribution < 1.29 is 37.0 Å². The Bertz CT molecular complexity index is 1510. The van der Waals surface area contributed by atoms with Gasteiger partial charge in [0.15, 0.2) is 17.3 Å². The summed E-state index contributed by atoms with van der Waals surface area (Å²) >= 11 is 0. The fraction of sp³-hybridized carbons (Fsp3) is 0.487. The van der Waals surface area contributed by atoms with Gasteiger partial charge in [0.05, 0.1) is 25.5 Å². The Hall–Kier alpha value is -3.93. The molecule has 1 fully saturated rings. The zero-order valence-corrected chi connectivity index (χ0v) is 29.3. The number of benzene rings is 3. The number of alkyl halides is 3. The number of halogens is 3. The number of fused-ring (bicyclic) bond motifs is 1. The van der Waals surface area contributed by atoms with Crippen LogP contribution in [0.15, 0.2) is 71.9 Å². The Labute approximate surface area is 293 Å². The van der Waals surface area contributed by atoms with E-state index in [0.717, 1.165) is 68.6 Å². The molecule has 3 aromatic rings. The summed E-state index contributed by atoms with van der Waals surface area (Å²) in [5.74, 6) is 2.38. The van der Waals surface area contributed by atoms with Gasteiger partial charge in [-0.25, -0.2) is 0 Å². The van der Waals surface area contributed by atoms with Crippen LogP contribution >= 0.6 is 0 Å². The van der Waals surface area contributed by atoms with Gasteiger partial charge in [0, 0.05) is 38.3 Å². The van der Waals surface area contributed by atoms with Crippen LogP contribution < -0.4 is 15.2 Å². The molecule has 11 heteroatoms. The van der Waals surface area contributed by atoms with E-state index in [1.807, 2.05) is 12.1 Å². The van der Waals surface area contributed by atoms with Crippen LogP contribution in [0.1, 0.15) is 71.1 Å². The second-order valence-electron chi connectivity index (χ2n) is 12.8. The van der Waals surface area contributed by atoms with E-state index < -0.39 is 11.7 Å². The Kier molecular flexibility index (Phi) is 15.1. The van der Waals surface area contributed by atoms with Gasteiger partial charge in [0.1, 0.15) is 6.61 Å². The predicted molar refractivity (Wildman–Crippen MR) is 189 cm³/mol. The average Bonchev–Trinajstić information content (AvgIpc) is 3.43. The van der Waals surface area contributed by atoms with Crippen molar-refractivity contribution in [3.63, 3.8) is 0 Å². The zero-order valence-electron chi connectivity index (χ0n) is 29.3. The summed E-state index contributed by atoms with van der Waals surface area (Å²) in [4.78, 5) is 20.5. The lowest BCUT2D eigenvalue weighted by Gasteiger charge is -2.32. The fourth-order valence-electron chi connectivity index (χ4n) is 6.52. The molecule has 1 aliphatic carbocycles. The molecule has 0 spiro atoms. The maximum atomic E-state index is 12.9. The minimum atomic E-state index is -4.34. The highest BCUT2D eigenvalue weighted by Gasteiger charge is 2.34. The van der Waals surface area contributed by atoms with Crippen LogP contribution in [0.4, 0.5) is 13.2 Å². The Balaban J connectivity index is 0.000000233. The highest BCUT2D eigenvalue weighted by Crippen LogP contribution is 2.39. The summed E-state index contributed by atoms with van der Waals surface area (Å²) in [6, 6.07) is 19.4. The molecule has 2 N–H and O–H groups in total. The van der Waals surface area contributed by atoms with Gasteiger partial charge in [0.25, 0.3) is 0 Å². The predicted octanol–water partition coefficient (Wildman–Crippen LogP) is 7.56. The molecule has 0 amide bonds. The largest absolute Gasteiger partial charge is 0.493 e. The molecule has 2 aliphatic rings. The Morgan fingerprint density at radius 1 is 0.920 bits per heavy atom. The summed E-state index contributed by atoms with van der Waals surface area (Å²) in [6.07, 6.45) is 2.09.